The van der Waals surface area contributed by atoms with Crippen molar-refractivity contribution in [1.29, 1.82) is 0 Å². The first-order valence-corrected chi connectivity index (χ1v) is 12.9. The van der Waals surface area contributed by atoms with Gasteiger partial charge in [0.05, 0.1) is 27.3 Å². The number of urea groups is 1. The van der Waals surface area contributed by atoms with Crippen molar-refractivity contribution in [1.82, 2.24) is 9.97 Å². The van der Waals surface area contributed by atoms with Crippen molar-refractivity contribution in [3.8, 4) is 26.8 Å². The van der Waals surface area contributed by atoms with E-state index in [1.807, 2.05) is 24.3 Å². The topological polar surface area (TPSA) is 108 Å². The first-order chi connectivity index (χ1) is 18.0. The number of aliphatic hydroxyl groups is 2. The molecule has 0 fully saturated rings. The second-order valence-electron chi connectivity index (χ2n) is 8.21. The third-order valence-electron chi connectivity index (χ3n) is 5.83. The van der Waals surface area contributed by atoms with Gasteiger partial charge in [-0.2, -0.15) is 0 Å². The van der Waals surface area contributed by atoms with Crippen LogP contribution in [-0.4, -0.2) is 39.4 Å². The fourth-order valence-electron chi connectivity index (χ4n) is 4.08. The van der Waals surface area contributed by atoms with E-state index >= 15 is 0 Å². The van der Waals surface area contributed by atoms with E-state index in [4.69, 9.17) is 4.74 Å². The quantitative estimate of drug-likeness (QED) is 0.258. The first-order valence-electron chi connectivity index (χ1n) is 11.3. The summed E-state index contributed by atoms with van der Waals surface area (Å²) in [6, 6.07) is 18.4. The maximum absolute atomic E-state index is 13.4. The lowest BCUT2D eigenvalue weighted by atomic mass is 10.1. The van der Waals surface area contributed by atoms with Crippen molar-refractivity contribution in [3.63, 3.8) is 0 Å². The summed E-state index contributed by atoms with van der Waals surface area (Å²) in [5.41, 5.74) is 2.74. The minimum absolute atomic E-state index is 0.0750. The average molecular weight is 535 g/mol. The van der Waals surface area contributed by atoms with Crippen LogP contribution in [0.3, 0.4) is 0 Å². The number of hydrogen-bond donors (Lipinski definition) is 3. The number of carbonyl (C=O) groups excluding carboxylic acids is 1. The zero-order chi connectivity index (χ0) is 25.5. The molecule has 11 heteroatoms. The van der Waals surface area contributed by atoms with Crippen LogP contribution in [0.1, 0.15) is 12.0 Å². The number of aliphatic hydroxyl groups excluding tert-OH is 1. The molecule has 0 saturated heterocycles. The van der Waals surface area contributed by atoms with Crippen molar-refractivity contribution in [2.45, 2.75) is 6.29 Å². The number of fused-ring (bicyclic) bond motifs is 2. The molecular weight excluding hydrogens is 515 g/mol. The molecule has 6 rings (SSSR count). The Morgan fingerprint density at radius 1 is 1.03 bits per heavy atom. The van der Waals surface area contributed by atoms with Crippen LogP contribution in [0.25, 0.3) is 31.2 Å². The van der Waals surface area contributed by atoms with Crippen LogP contribution in [0, 0.1) is 5.82 Å². The van der Waals surface area contributed by atoms with Crippen molar-refractivity contribution in [2.24, 2.45) is 0 Å². The fourth-order valence-corrected chi connectivity index (χ4v) is 6.03. The Bertz CT molecular complexity index is 1580. The predicted octanol–water partition coefficient (Wildman–Crippen LogP) is 5.64. The lowest BCUT2D eigenvalue weighted by Gasteiger charge is -2.29. The Balaban J connectivity index is 1.33. The fraction of sp³-hybridized carbons (Fsp3) is 0.115. The molecule has 0 bridgehead atoms. The van der Waals surface area contributed by atoms with Crippen LogP contribution in [0.15, 0.2) is 66.7 Å². The van der Waals surface area contributed by atoms with Gasteiger partial charge in [-0.15, -0.1) is 11.3 Å². The van der Waals surface area contributed by atoms with Gasteiger partial charge in [-0.1, -0.05) is 35.6 Å². The van der Waals surface area contributed by atoms with E-state index in [9.17, 15) is 19.4 Å². The van der Waals surface area contributed by atoms with Gasteiger partial charge in [0.15, 0.2) is 11.4 Å². The van der Waals surface area contributed by atoms with Gasteiger partial charge < -0.3 is 14.9 Å². The molecule has 186 valence electrons. The van der Waals surface area contributed by atoms with Gasteiger partial charge in [0, 0.05) is 5.56 Å². The van der Waals surface area contributed by atoms with E-state index in [1.165, 1.54) is 34.8 Å². The molecule has 5 aromatic rings. The van der Waals surface area contributed by atoms with Gasteiger partial charge in [-0.25, -0.2) is 19.2 Å². The number of nitrogens with zero attached hydrogens (tertiary/aromatic N) is 3. The van der Waals surface area contributed by atoms with Crippen LogP contribution in [0.4, 0.5) is 20.0 Å². The van der Waals surface area contributed by atoms with Crippen molar-refractivity contribution in [3.05, 3.63) is 78.2 Å². The number of carbonyl (C=O) groups is 1. The highest BCUT2D eigenvalue weighted by atomic mass is 32.1. The molecule has 3 heterocycles. The Kier molecular flexibility index (Phi) is 6.05. The van der Waals surface area contributed by atoms with Crippen molar-refractivity contribution >= 4 is 49.7 Å². The van der Waals surface area contributed by atoms with E-state index in [0.29, 0.717) is 50.7 Å². The molecule has 0 radical (unpaired) electrons. The molecular formula is C26H19FN4O4S2. The molecule has 0 atom stereocenters. The highest BCUT2D eigenvalue weighted by molar-refractivity contribution is 7.22. The predicted molar refractivity (Wildman–Crippen MR) is 142 cm³/mol. The van der Waals surface area contributed by atoms with Gasteiger partial charge >= 0.3 is 6.03 Å². The third-order valence-corrected chi connectivity index (χ3v) is 7.95. The van der Waals surface area contributed by atoms with Gasteiger partial charge in [-0.3, -0.25) is 10.2 Å². The van der Waals surface area contributed by atoms with E-state index in [-0.39, 0.29) is 11.7 Å². The minimum Gasteiger partial charge on any atom is -0.490 e. The Morgan fingerprint density at radius 2 is 1.81 bits per heavy atom. The standard InChI is InChI=1S/C26H19FN4O4S2/c27-16-8-5-14(6-9-16)22-21(24(32)33)29-23(37-22)15-7-10-19-18(13-15)31(11-12-35-19)26(34)30-25-28-17-3-1-2-4-20(17)36-25/h1-10,13,24,32-33H,11-12H2,(H,28,30,34). The summed E-state index contributed by atoms with van der Waals surface area (Å²) in [5, 5.41) is 23.7. The molecule has 0 saturated carbocycles. The maximum Gasteiger partial charge on any atom is 0.328 e. The van der Waals surface area contributed by atoms with E-state index in [1.54, 1.807) is 35.2 Å². The third kappa shape index (κ3) is 4.53. The maximum atomic E-state index is 13.4. The molecule has 3 N–H and O–H groups in total. The van der Waals surface area contributed by atoms with E-state index in [2.05, 4.69) is 15.3 Å². The molecule has 2 aromatic heterocycles. The summed E-state index contributed by atoms with van der Waals surface area (Å²) in [5.74, 6) is 0.158. The largest absolute Gasteiger partial charge is 0.490 e. The molecule has 37 heavy (non-hydrogen) atoms. The van der Waals surface area contributed by atoms with Crippen molar-refractivity contribution < 1.29 is 24.1 Å². The number of benzene rings is 3. The molecule has 8 nitrogen and oxygen atoms in total. The highest BCUT2D eigenvalue weighted by Crippen LogP contribution is 2.41. The molecule has 1 aliphatic heterocycles. The summed E-state index contributed by atoms with van der Waals surface area (Å²) >= 11 is 2.64. The molecule has 2 amide bonds. The van der Waals surface area contributed by atoms with Crippen molar-refractivity contribution in [2.75, 3.05) is 23.4 Å². The Labute approximate surface area is 218 Å². The minimum atomic E-state index is -1.80. The normalized spacial score (nSPS) is 13.0. The summed E-state index contributed by atoms with van der Waals surface area (Å²) in [6.07, 6.45) is -1.80. The second-order valence-corrected chi connectivity index (χ2v) is 10.2. The number of thiazole rings is 2. The number of nitrogens with one attached hydrogen (secondary N) is 1. The van der Waals surface area contributed by atoms with Crippen LogP contribution >= 0.6 is 22.7 Å². The number of ether oxygens (including phenoxy) is 1. The zero-order valence-corrected chi connectivity index (χ0v) is 20.7. The molecule has 0 unspecified atom stereocenters. The van der Waals surface area contributed by atoms with Gasteiger partial charge in [-0.05, 0) is 48.0 Å². The van der Waals surface area contributed by atoms with E-state index in [0.717, 1.165) is 10.2 Å². The van der Waals surface area contributed by atoms with Gasteiger partial charge in [0.2, 0.25) is 0 Å². The number of rotatable bonds is 4. The molecule has 0 aliphatic carbocycles. The number of halogens is 1. The smallest absolute Gasteiger partial charge is 0.328 e. The number of para-hydroxylation sites is 1. The summed E-state index contributed by atoms with van der Waals surface area (Å²) in [6.45, 7) is 0.679. The van der Waals surface area contributed by atoms with Crippen LogP contribution in [0.2, 0.25) is 0 Å². The Hall–Kier alpha value is -3.90. The zero-order valence-electron chi connectivity index (χ0n) is 19.1. The molecule has 1 aliphatic rings. The van der Waals surface area contributed by atoms with Gasteiger partial charge in [0.25, 0.3) is 0 Å². The molecule has 3 aromatic carbocycles. The number of anilines is 2. The number of amides is 2. The highest BCUT2D eigenvalue weighted by Gasteiger charge is 2.26. The number of hydrogen-bond acceptors (Lipinski definition) is 8. The summed E-state index contributed by atoms with van der Waals surface area (Å²) in [7, 11) is 0. The monoisotopic (exact) mass is 534 g/mol. The van der Waals surface area contributed by atoms with E-state index < -0.39 is 12.1 Å². The summed E-state index contributed by atoms with van der Waals surface area (Å²) < 4.78 is 20.2. The number of aromatic nitrogens is 2. The van der Waals surface area contributed by atoms with Crippen LogP contribution in [0.5, 0.6) is 5.75 Å². The van der Waals surface area contributed by atoms with Gasteiger partial charge in [0.1, 0.15) is 28.9 Å². The lowest BCUT2D eigenvalue weighted by Crippen LogP contribution is -2.40. The van der Waals surface area contributed by atoms with Crippen LogP contribution < -0.4 is 15.0 Å². The SMILES string of the molecule is O=C(Nc1nc2ccccc2s1)N1CCOc2ccc(-c3nc(C(O)O)c(-c4ccc(F)cc4)s3)cc21. The Morgan fingerprint density at radius 3 is 2.59 bits per heavy atom. The summed E-state index contributed by atoms with van der Waals surface area (Å²) in [4.78, 5) is 24.3. The average Bonchev–Trinajstić information content (AvgIpc) is 3.53. The lowest BCUT2D eigenvalue weighted by molar-refractivity contribution is -0.0448. The first kappa shape index (κ1) is 23.5. The second kappa shape index (κ2) is 9.52. The van der Waals surface area contributed by atoms with Crippen LogP contribution in [-0.2, 0) is 0 Å². The molecule has 0 spiro atoms.